The third kappa shape index (κ3) is 2.87. The number of carbonyl (C=O) groups is 1. The fraction of sp³-hybridized carbons (Fsp3) is 0.600. The lowest BCUT2D eigenvalue weighted by Gasteiger charge is -2.13. The summed E-state index contributed by atoms with van der Waals surface area (Å²) in [5.41, 5.74) is 0.549. The number of halogens is 1. The van der Waals surface area contributed by atoms with Crippen LogP contribution in [-0.2, 0) is 4.79 Å². The summed E-state index contributed by atoms with van der Waals surface area (Å²) >= 11 is 3.11. The summed E-state index contributed by atoms with van der Waals surface area (Å²) in [5.74, 6) is -0.505. The van der Waals surface area contributed by atoms with E-state index in [9.17, 15) is 14.9 Å². The smallest absolute Gasteiger partial charge is 0.358 e. The molecule has 0 aliphatic rings. The predicted octanol–water partition coefficient (Wildman–Crippen LogP) is 1.95. The number of amides is 1. The average molecular weight is 319 g/mol. The monoisotopic (exact) mass is 318 g/mol. The van der Waals surface area contributed by atoms with Crippen LogP contribution in [0.3, 0.4) is 0 Å². The van der Waals surface area contributed by atoms with Crippen LogP contribution in [-0.4, -0.2) is 26.7 Å². The highest BCUT2D eigenvalue weighted by Gasteiger charge is 2.29. The number of nitro groups is 1. The first-order chi connectivity index (χ1) is 8.25. The molecular weight excluding hydrogens is 304 g/mol. The van der Waals surface area contributed by atoms with Crippen molar-refractivity contribution in [1.82, 2.24) is 15.1 Å². The average Bonchev–Trinajstić information content (AvgIpc) is 2.54. The molecule has 1 aromatic rings. The molecular formula is C10H15BrN4O3. The Bertz CT molecular complexity index is 484. The molecule has 1 heterocycles. The number of aromatic nitrogens is 2. The van der Waals surface area contributed by atoms with E-state index in [1.54, 1.807) is 13.8 Å². The van der Waals surface area contributed by atoms with Gasteiger partial charge < -0.3 is 15.4 Å². The second kappa shape index (κ2) is 5.47. The van der Waals surface area contributed by atoms with Gasteiger partial charge in [-0.15, -0.1) is 0 Å². The molecule has 0 saturated heterocycles. The van der Waals surface area contributed by atoms with Crippen LogP contribution in [0.25, 0.3) is 0 Å². The summed E-state index contributed by atoms with van der Waals surface area (Å²) in [6.45, 7) is 7.01. The largest absolute Gasteiger partial charge is 0.404 e. The first-order valence-electron chi connectivity index (χ1n) is 5.45. The molecule has 0 fully saturated rings. The fourth-order valence-corrected chi connectivity index (χ4v) is 1.90. The molecule has 1 atom stereocenters. The summed E-state index contributed by atoms with van der Waals surface area (Å²) in [5, 5.41) is 17.3. The van der Waals surface area contributed by atoms with Gasteiger partial charge in [-0.1, -0.05) is 0 Å². The summed E-state index contributed by atoms with van der Waals surface area (Å²) < 4.78 is 1.65. The maximum atomic E-state index is 11.8. The number of hydrogen-bond acceptors (Lipinski definition) is 4. The SMILES string of the molecule is Cc1c(Br)c([N+](=O)[O-])nn1[C@@H](C)C(=O)NC(C)C. The number of nitrogens with zero attached hydrogens (tertiary/aromatic N) is 3. The predicted molar refractivity (Wildman–Crippen MR) is 69.3 cm³/mol. The van der Waals surface area contributed by atoms with Gasteiger partial charge in [-0.2, -0.15) is 4.68 Å². The van der Waals surface area contributed by atoms with Gasteiger partial charge in [0.05, 0.1) is 10.8 Å². The van der Waals surface area contributed by atoms with Crippen molar-refractivity contribution >= 4 is 27.7 Å². The second-order valence-corrected chi connectivity index (χ2v) is 5.06. The third-order valence-corrected chi connectivity index (χ3v) is 3.34. The molecule has 8 heteroatoms. The van der Waals surface area contributed by atoms with Crippen molar-refractivity contribution in [3.63, 3.8) is 0 Å². The normalized spacial score (nSPS) is 12.6. The number of nitrogens with one attached hydrogen (secondary N) is 1. The van der Waals surface area contributed by atoms with Crippen molar-refractivity contribution in [3.8, 4) is 0 Å². The quantitative estimate of drug-likeness (QED) is 0.678. The Hall–Kier alpha value is -1.44. The van der Waals surface area contributed by atoms with E-state index in [1.807, 2.05) is 13.8 Å². The standard InChI is InChI=1S/C10H15BrN4O3/c1-5(2)12-10(16)7(4)14-6(3)8(11)9(13-14)15(17)18/h5,7H,1-4H3,(H,12,16)/t7-/m0/s1. The molecule has 1 aromatic heterocycles. The Labute approximate surface area is 113 Å². The summed E-state index contributed by atoms with van der Waals surface area (Å²) in [7, 11) is 0. The van der Waals surface area contributed by atoms with Gasteiger partial charge in [-0.3, -0.25) is 4.79 Å². The fourth-order valence-electron chi connectivity index (χ4n) is 1.49. The first-order valence-corrected chi connectivity index (χ1v) is 6.24. The van der Waals surface area contributed by atoms with Crippen molar-refractivity contribution < 1.29 is 9.72 Å². The molecule has 1 N–H and O–H groups in total. The van der Waals surface area contributed by atoms with Crippen molar-refractivity contribution in [2.75, 3.05) is 0 Å². The molecule has 0 spiro atoms. The number of carbonyl (C=O) groups excluding carboxylic acids is 1. The van der Waals surface area contributed by atoms with Gasteiger partial charge in [-0.25, -0.2) is 0 Å². The summed E-state index contributed by atoms with van der Waals surface area (Å²) in [6, 6.07) is -0.591. The summed E-state index contributed by atoms with van der Waals surface area (Å²) in [4.78, 5) is 22.0. The van der Waals surface area contributed by atoms with E-state index in [0.717, 1.165) is 0 Å². The second-order valence-electron chi connectivity index (χ2n) is 4.26. The van der Waals surface area contributed by atoms with Crippen LogP contribution in [0.15, 0.2) is 4.47 Å². The Morgan fingerprint density at radius 2 is 2.06 bits per heavy atom. The molecule has 0 aliphatic heterocycles. The topological polar surface area (TPSA) is 90.1 Å². The molecule has 0 aromatic carbocycles. The van der Waals surface area contributed by atoms with Gasteiger partial charge in [0.2, 0.25) is 5.91 Å². The molecule has 0 radical (unpaired) electrons. The zero-order chi connectivity index (χ0) is 14.0. The van der Waals surface area contributed by atoms with Crippen LogP contribution < -0.4 is 5.32 Å². The zero-order valence-corrected chi connectivity index (χ0v) is 12.2. The molecule has 0 saturated carbocycles. The van der Waals surface area contributed by atoms with E-state index in [2.05, 4.69) is 26.3 Å². The highest BCUT2D eigenvalue weighted by Crippen LogP contribution is 2.28. The van der Waals surface area contributed by atoms with Crippen molar-refractivity contribution in [2.45, 2.75) is 39.8 Å². The minimum Gasteiger partial charge on any atom is -0.358 e. The molecule has 0 bridgehead atoms. The lowest BCUT2D eigenvalue weighted by Crippen LogP contribution is -2.36. The van der Waals surface area contributed by atoms with Crippen LogP contribution >= 0.6 is 15.9 Å². The third-order valence-electron chi connectivity index (χ3n) is 2.41. The van der Waals surface area contributed by atoms with E-state index in [0.29, 0.717) is 10.2 Å². The maximum absolute atomic E-state index is 11.8. The van der Waals surface area contributed by atoms with Crippen LogP contribution in [0.4, 0.5) is 5.82 Å². The van der Waals surface area contributed by atoms with Crippen molar-refractivity contribution in [3.05, 3.63) is 20.3 Å². The molecule has 0 aliphatic carbocycles. The van der Waals surface area contributed by atoms with Gasteiger partial charge in [0.25, 0.3) is 0 Å². The molecule has 18 heavy (non-hydrogen) atoms. The van der Waals surface area contributed by atoms with Crippen molar-refractivity contribution in [1.29, 1.82) is 0 Å². The first kappa shape index (κ1) is 14.6. The minimum atomic E-state index is -0.600. The van der Waals surface area contributed by atoms with Gasteiger partial charge >= 0.3 is 5.82 Å². The Balaban J connectivity index is 3.07. The van der Waals surface area contributed by atoms with E-state index in [1.165, 1.54) is 4.68 Å². The van der Waals surface area contributed by atoms with Gasteiger partial charge in [0, 0.05) is 6.04 Å². The van der Waals surface area contributed by atoms with Gasteiger partial charge in [0.15, 0.2) is 0 Å². The Morgan fingerprint density at radius 3 is 2.44 bits per heavy atom. The Kier molecular flexibility index (Phi) is 4.44. The zero-order valence-electron chi connectivity index (χ0n) is 10.6. The van der Waals surface area contributed by atoms with E-state index >= 15 is 0 Å². The number of hydrogen-bond donors (Lipinski definition) is 1. The molecule has 0 unspecified atom stereocenters. The Morgan fingerprint density at radius 1 is 1.50 bits per heavy atom. The molecule has 1 rings (SSSR count). The summed E-state index contributed by atoms with van der Waals surface area (Å²) in [6.07, 6.45) is 0. The van der Waals surface area contributed by atoms with Crippen molar-refractivity contribution in [2.24, 2.45) is 0 Å². The molecule has 7 nitrogen and oxygen atoms in total. The highest BCUT2D eigenvalue weighted by molar-refractivity contribution is 9.10. The highest BCUT2D eigenvalue weighted by atomic mass is 79.9. The maximum Gasteiger partial charge on any atom is 0.404 e. The molecule has 1 amide bonds. The van der Waals surface area contributed by atoms with Crippen LogP contribution in [0, 0.1) is 17.0 Å². The lowest BCUT2D eigenvalue weighted by atomic mass is 10.2. The van der Waals surface area contributed by atoms with E-state index in [-0.39, 0.29) is 17.8 Å². The minimum absolute atomic E-state index is 0.00856. The number of rotatable bonds is 4. The van der Waals surface area contributed by atoms with Crippen LogP contribution in [0.1, 0.15) is 32.5 Å². The lowest BCUT2D eigenvalue weighted by molar-refractivity contribution is -0.390. The van der Waals surface area contributed by atoms with Crippen LogP contribution in [0.5, 0.6) is 0 Å². The van der Waals surface area contributed by atoms with E-state index in [4.69, 9.17) is 0 Å². The van der Waals surface area contributed by atoms with Gasteiger partial charge in [-0.05, 0) is 48.5 Å². The van der Waals surface area contributed by atoms with E-state index < -0.39 is 11.0 Å². The molecule has 100 valence electrons. The van der Waals surface area contributed by atoms with Crippen LogP contribution in [0.2, 0.25) is 0 Å². The van der Waals surface area contributed by atoms with Gasteiger partial charge in [0.1, 0.15) is 10.5 Å².